The number of hydrogen-bond donors (Lipinski definition) is 2. The van der Waals surface area contributed by atoms with Gasteiger partial charge in [0.15, 0.2) is 5.11 Å². The minimum atomic E-state index is -0.200. The Balaban J connectivity index is 1.21. The van der Waals surface area contributed by atoms with E-state index in [9.17, 15) is 4.39 Å². The van der Waals surface area contributed by atoms with Crippen molar-refractivity contribution in [2.75, 3.05) is 34.8 Å². The van der Waals surface area contributed by atoms with Crippen LogP contribution in [-0.2, 0) is 18.5 Å². The molecule has 3 heterocycles. The maximum Gasteiger partial charge on any atom is 0.232 e. The number of hydrogen-bond acceptors (Lipinski definition) is 5. The zero-order valence-electron chi connectivity index (χ0n) is 22.6. The van der Waals surface area contributed by atoms with Crippen LogP contribution >= 0.6 is 12.2 Å². The minimum absolute atomic E-state index is 0.0431. The summed E-state index contributed by atoms with van der Waals surface area (Å²) in [4.78, 5) is 14.5. The number of thiocarbonyl (C=S) groups is 1. The SMILES string of the molecule is C[C@H]1CCCN(c2cc(N3Cc4ccccc4C3)nc(NC(=S)NCC3(c4ccc(F)cc4)CCCC3)n2)C1. The van der Waals surface area contributed by atoms with Gasteiger partial charge in [-0.3, -0.25) is 0 Å². The lowest BCUT2D eigenvalue weighted by molar-refractivity contribution is 0.434. The predicted octanol–water partition coefficient (Wildman–Crippen LogP) is 6.17. The Bertz CT molecular complexity index is 1300. The third-order valence-corrected chi connectivity index (χ3v) is 8.92. The lowest BCUT2D eigenvalue weighted by atomic mass is 9.79. The molecule has 6 nitrogen and oxygen atoms in total. The average molecular weight is 545 g/mol. The summed E-state index contributed by atoms with van der Waals surface area (Å²) in [6, 6.07) is 17.7. The molecule has 1 atom stereocenters. The van der Waals surface area contributed by atoms with Gasteiger partial charge < -0.3 is 20.4 Å². The molecule has 204 valence electrons. The minimum Gasteiger partial charge on any atom is -0.361 e. The number of piperidine rings is 1. The lowest BCUT2D eigenvalue weighted by Gasteiger charge is -2.33. The van der Waals surface area contributed by atoms with Crippen molar-refractivity contribution in [1.29, 1.82) is 0 Å². The summed E-state index contributed by atoms with van der Waals surface area (Å²) in [7, 11) is 0. The molecule has 2 aliphatic heterocycles. The van der Waals surface area contributed by atoms with Gasteiger partial charge in [-0.2, -0.15) is 9.97 Å². The van der Waals surface area contributed by atoms with Crippen molar-refractivity contribution in [1.82, 2.24) is 15.3 Å². The van der Waals surface area contributed by atoms with E-state index >= 15 is 0 Å². The number of anilines is 3. The van der Waals surface area contributed by atoms with Gasteiger partial charge in [0.2, 0.25) is 5.95 Å². The molecular weight excluding hydrogens is 507 g/mol. The Morgan fingerprint density at radius 3 is 2.31 bits per heavy atom. The number of halogens is 1. The van der Waals surface area contributed by atoms with E-state index in [-0.39, 0.29) is 11.2 Å². The van der Waals surface area contributed by atoms with E-state index in [4.69, 9.17) is 22.2 Å². The second-order valence-electron chi connectivity index (χ2n) is 11.5. The Morgan fingerprint density at radius 2 is 1.64 bits per heavy atom. The largest absolute Gasteiger partial charge is 0.361 e. The van der Waals surface area contributed by atoms with Crippen molar-refractivity contribution in [3.05, 3.63) is 77.1 Å². The Morgan fingerprint density at radius 1 is 0.974 bits per heavy atom. The molecule has 0 amide bonds. The summed E-state index contributed by atoms with van der Waals surface area (Å²) in [5.41, 5.74) is 3.82. The lowest BCUT2D eigenvalue weighted by Crippen LogP contribution is -2.41. The van der Waals surface area contributed by atoms with Crippen LogP contribution in [0.5, 0.6) is 0 Å². The smallest absolute Gasteiger partial charge is 0.232 e. The van der Waals surface area contributed by atoms with E-state index in [2.05, 4.69) is 57.7 Å². The molecule has 8 heteroatoms. The molecular formula is C31H37FN6S. The van der Waals surface area contributed by atoms with E-state index in [1.54, 1.807) is 12.1 Å². The summed E-state index contributed by atoms with van der Waals surface area (Å²) < 4.78 is 13.6. The molecule has 3 aromatic rings. The van der Waals surface area contributed by atoms with Crippen LogP contribution in [0, 0.1) is 11.7 Å². The molecule has 2 aromatic carbocycles. The molecule has 0 spiro atoms. The number of nitrogens with one attached hydrogen (secondary N) is 2. The standard InChI is InChI=1S/C31H37FN6S/c1-22-7-6-16-37(18-22)27-17-28(38-19-23-8-2-3-9-24(23)20-38)35-29(34-27)36-30(39)33-21-31(14-4-5-15-31)25-10-12-26(32)13-11-25/h2-3,8-13,17,22H,4-7,14-16,18-21H2,1H3,(H2,33,34,35,36,39)/t22-/m0/s1. The Labute approximate surface area is 236 Å². The van der Waals surface area contributed by atoms with E-state index in [1.807, 2.05) is 12.1 Å². The number of fused-ring (bicyclic) bond motifs is 1. The van der Waals surface area contributed by atoms with Crippen molar-refractivity contribution in [3.63, 3.8) is 0 Å². The van der Waals surface area contributed by atoms with Crippen molar-refractivity contribution < 1.29 is 4.39 Å². The highest BCUT2D eigenvalue weighted by molar-refractivity contribution is 7.80. The first-order chi connectivity index (χ1) is 19.0. The molecule has 0 radical (unpaired) electrons. The first-order valence-corrected chi connectivity index (χ1v) is 14.6. The van der Waals surface area contributed by atoms with Crippen LogP contribution in [0.4, 0.5) is 22.0 Å². The highest BCUT2D eigenvalue weighted by Crippen LogP contribution is 2.40. The van der Waals surface area contributed by atoms with E-state index in [0.29, 0.717) is 23.5 Å². The van der Waals surface area contributed by atoms with Gasteiger partial charge in [0.05, 0.1) is 0 Å². The number of benzene rings is 2. The van der Waals surface area contributed by atoms with Gasteiger partial charge >= 0.3 is 0 Å². The molecule has 39 heavy (non-hydrogen) atoms. The highest BCUT2D eigenvalue weighted by Gasteiger charge is 2.35. The molecule has 0 bridgehead atoms. The van der Waals surface area contributed by atoms with E-state index in [1.165, 1.54) is 42.4 Å². The summed E-state index contributed by atoms with van der Waals surface area (Å²) in [5, 5.41) is 7.28. The zero-order valence-corrected chi connectivity index (χ0v) is 23.4. The monoisotopic (exact) mass is 544 g/mol. The molecule has 2 N–H and O–H groups in total. The maximum absolute atomic E-state index is 13.6. The quantitative estimate of drug-likeness (QED) is 0.360. The van der Waals surface area contributed by atoms with Crippen LogP contribution in [0.1, 0.15) is 62.1 Å². The molecule has 0 unspecified atom stereocenters. The van der Waals surface area contributed by atoms with Crippen molar-refractivity contribution in [2.24, 2.45) is 5.92 Å². The van der Waals surface area contributed by atoms with Gasteiger partial charge in [0.25, 0.3) is 0 Å². The molecule has 3 aliphatic rings. The van der Waals surface area contributed by atoms with E-state index < -0.39 is 0 Å². The van der Waals surface area contributed by atoms with Crippen LogP contribution < -0.4 is 20.4 Å². The molecule has 1 saturated carbocycles. The van der Waals surface area contributed by atoms with Crippen molar-refractivity contribution in [2.45, 2.75) is 64.0 Å². The highest BCUT2D eigenvalue weighted by atomic mass is 32.1. The van der Waals surface area contributed by atoms with Crippen LogP contribution in [0.2, 0.25) is 0 Å². The molecule has 6 rings (SSSR count). The Kier molecular flexibility index (Phi) is 7.38. The van der Waals surface area contributed by atoms with Crippen molar-refractivity contribution >= 4 is 34.9 Å². The van der Waals surface area contributed by atoms with Gasteiger partial charge in [0, 0.05) is 44.2 Å². The van der Waals surface area contributed by atoms with Crippen molar-refractivity contribution in [3.8, 4) is 0 Å². The van der Waals surface area contributed by atoms with Crippen LogP contribution in [0.15, 0.2) is 54.6 Å². The predicted molar refractivity (Wildman–Crippen MR) is 160 cm³/mol. The third kappa shape index (κ3) is 5.71. The summed E-state index contributed by atoms with van der Waals surface area (Å²) in [6.45, 7) is 6.69. The van der Waals surface area contributed by atoms with Crippen LogP contribution in [-0.4, -0.2) is 34.7 Å². The second kappa shape index (κ2) is 11.1. The first kappa shape index (κ1) is 26.0. The summed E-state index contributed by atoms with van der Waals surface area (Å²) in [6.07, 6.45) is 6.88. The average Bonchev–Trinajstić information content (AvgIpc) is 3.60. The number of nitrogens with zero attached hydrogens (tertiary/aromatic N) is 4. The second-order valence-corrected chi connectivity index (χ2v) is 11.9. The number of aromatic nitrogens is 2. The van der Waals surface area contributed by atoms with Crippen LogP contribution in [0.25, 0.3) is 0 Å². The normalized spacial score (nSPS) is 20.1. The third-order valence-electron chi connectivity index (χ3n) is 8.67. The first-order valence-electron chi connectivity index (χ1n) is 14.2. The summed E-state index contributed by atoms with van der Waals surface area (Å²) in [5.74, 6) is 2.83. The maximum atomic E-state index is 13.6. The van der Waals surface area contributed by atoms with Gasteiger partial charge in [0.1, 0.15) is 17.5 Å². The fourth-order valence-electron chi connectivity index (χ4n) is 6.51. The fourth-order valence-corrected chi connectivity index (χ4v) is 6.68. The van der Waals surface area contributed by atoms with E-state index in [0.717, 1.165) is 50.7 Å². The van der Waals surface area contributed by atoms with Gasteiger partial charge in [-0.05, 0) is 72.6 Å². The zero-order chi connectivity index (χ0) is 26.8. The Hall–Kier alpha value is -3.26. The molecule has 1 aromatic heterocycles. The molecule has 1 aliphatic carbocycles. The van der Waals surface area contributed by atoms with Gasteiger partial charge in [-0.1, -0.05) is 56.2 Å². The molecule has 1 saturated heterocycles. The van der Waals surface area contributed by atoms with Gasteiger partial charge in [-0.25, -0.2) is 4.39 Å². The van der Waals surface area contributed by atoms with Crippen LogP contribution in [0.3, 0.4) is 0 Å². The molecule has 2 fully saturated rings. The fraction of sp³-hybridized carbons (Fsp3) is 0.452. The summed E-state index contributed by atoms with van der Waals surface area (Å²) >= 11 is 5.75. The number of rotatable bonds is 6. The van der Waals surface area contributed by atoms with Gasteiger partial charge in [-0.15, -0.1) is 0 Å². The topological polar surface area (TPSA) is 56.3 Å².